The Balaban J connectivity index is 3.55. The van der Waals surface area contributed by atoms with E-state index in [0.717, 1.165) is 6.08 Å². The van der Waals surface area contributed by atoms with Gasteiger partial charge in [0, 0.05) is 6.42 Å². The van der Waals surface area contributed by atoms with Crippen molar-refractivity contribution in [3.05, 3.63) is 25.3 Å². The predicted molar refractivity (Wildman–Crippen MR) is 39.2 cm³/mol. The summed E-state index contributed by atoms with van der Waals surface area (Å²) in [6.45, 7) is 6.62. The standard InChI is InChI=1S/C7H11NO2/c1-3-5-7(10)8-6(9)4-2/h3-4,7,10H,1-2,5H2,(H,8,9). The Morgan fingerprint density at radius 3 is 2.70 bits per heavy atom. The zero-order chi connectivity index (χ0) is 7.98. The first-order valence-corrected chi connectivity index (χ1v) is 2.92. The van der Waals surface area contributed by atoms with E-state index in [-0.39, 0.29) is 5.91 Å². The predicted octanol–water partition coefficient (Wildman–Crippen LogP) is 0.183. The van der Waals surface area contributed by atoms with Crippen LogP contribution in [0.15, 0.2) is 25.3 Å². The molecule has 0 aliphatic carbocycles. The number of amides is 1. The van der Waals surface area contributed by atoms with E-state index >= 15 is 0 Å². The smallest absolute Gasteiger partial charge is 0.245 e. The van der Waals surface area contributed by atoms with Gasteiger partial charge in [0.05, 0.1) is 0 Å². The van der Waals surface area contributed by atoms with E-state index in [0.29, 0.717) is 6.42 Å². The summed E-state index contributed by atoms with van der Waals surface area (Å²) in [7, 11) is 0. The highest BCUT2D eigenvalue weighted by Crippen LogP contribution is 1.86. The first-order chi connectivity index (χ1) is 4.70. The summed E-state index contributed by atoms with van der Waals surface area (Å²) in [4.78, 5) is 10.5. The molecule has 10 heavy (non-hydrogen) atoms. The van der Waals surface area contributed by atoms with Gasteiger partial charge in [-0.2, -0.15) is 0 Å². The van der Waals surface area contributed by atoms with E-state index in [4.69, 9.17) is 5.11 Å². The molecule has 0 bridgehead atoms. The van der Waals surface area contributed by atoms with Crippen molar-refractivity contribution < 1.29 is 9.90 Å². The highest BCUT2D eigenvalue weighted by Gasteiger charge is 2.01. The number of hydrogen-bond acceptors (Lipinski definition) is 2. The molecule has 0 aromatic carbocycles. The minimum absolute atomic E-state index is 0.347. The second-order valence-corrected chi connectivity index (χ2v) is 1.75. The third-order valence-electron chi connectivity index (χ3n) is 0.884. The van der Waals surface area contributed by atoms with E-state index < -0.39 is 6.23 Å². The summed E-state index contributed by atoms with van der Waals surface area (Å²) in [6.07, 6.45) is 2.13. The van der Waals surface area contributed by atoms with Crippen LogP contribution in [-0.4, -0.2) is 17.2 Å². The fourth-order valence-corrected chi connectivity index (χ4v) is 0.440. The van der Waals surface area contributed by atoms with Gasteiger partial charge in [-0.3, -0.25) is 4.79 Å². The van der Waals surface area contributed by atoms with E-state index in [9.17, 15) is 4.79 Å². The van der Waals surface area contributed by atoms with Crippen molar-refractivity contribution in [3.8, 4) is 0 Å². The Kier molecular flexibility index (Phi) is 4.24. The Morgan fingerprint density at radius 2 is 2.30 bits per heavy atom. The van der Waals surface area contributed by atoms with Gasteiger partial charge in [-0.05, 0) is 6.08 Å². The molecule has 2 N–H and O–H groups in total. The van der Waals surface area contributed by atoms with Gasteiger partial charge in [0.25, 0.3) is 0 Å². The van der Waals surface area contributed by atoms with Crippen molar-refractivity contribution in [1.82, 2.24) is 5.32 Å². The van der Waals surface area contributed by atoms with Crippen molar-refractivity contribution in [2.24, 2.45) is 0 Å². The van der Waals surface area contributed by atoms with E-state index in [1.54, 1.807) is 0 Å². The van der Waals surface area contributed by atoms with Crippen LogP contribution in [0, 0.1) is 0 Å². The molecule has 1 amide bonds. The maximum absolute atomic E-state index is 10.5. The number of aliphatic hydroxyl groups excluding tert-OH is 1. The molecule has 0 spiro atoms. The second kappa shape index (κ2) is 4.76. The molecule has 1 atom stereocenters. The fraction of sp³-hybridized carbons (Fsp3) is 0.286. The monoisotopic (exact) mass is 141 g/mol. The molecule has 0 rings (SSSR count). The summed E-state index contributed by atoms with van der Waals surface area (Å²) in [5, 5.41) is 11.2. The largest absolute Gasteiger partial charge is 0.373 e. The third kappa shape index (κ3) is 3.86. The number of nitrogens with one attached hydrogen (secondary N) is 1. The number of carbonyl (C=O) groups excluding carboxylic acids is 1. The van der Waals surface area contributed by atoms with Crippen LogP contribution in [0.3, 0.4) is 0 Å². The van der Waals surface area contributed by atoms with Crippen LogP contribution in [-0.2, 0) is 4.79 Å². The molecule has 1 unspecified atom stereocenters. The molecule has 0 saturated heterocycles. The lowest BCUT2D eigenvalue weighted by atomic mass is 10.4. The average molecular weight is 141 g/mol. The van der Waals surface area contributed by atoms with Crippen LogP contribution < -0.4 is 5.32 Å². The minimum atomic E-state index is -0.844. The van der Waals surface area contributed by atoms with Crippen LogP contribution in [0.4, 0.5) is 0 Å². The molecule has 3 heteroatoms. The lowest BCUT2D eigenvalue weighted by Crippen LogP contribution is -2.32. The van der Waals surface area contributed by atoms with Gasteiger partial charge in [0.1, 0.15) is 6.23 Å². The molecule has 0 heterocycles. The molecule has 0 aliphatic rings. The van der Waals surface area contributed by atoms with Crippen LogP contribution in [0.5, 0.6) is 0 Å². The number of hydrogen-bond donors (Lipinski definition) is 2. The molecule has 0 fully saturated rings. The zero-order valence-corrected chi connectivity index (χ0v) is 5.71. The Hall–Kier alpha value is -1.09. The summed E-state index contributed by atoms with van der Waals surface area (Å²) in [6, 6.07) is 0. The molecular weight excluding hydrogens is 130 g/mol. The fourth-order valence-electron chi connectivity index (χ4n) is 0.440. The summed E-state index contributed by atoms with van der Waals surface area (Å²) >= 11 is 0. The van der Waals surface area contributed by atoms with Gasteiger partial charge in [-0.1, -0.05) is 12.7 Å². The SMILES string of the molecule is C=CCC(O)NC(=O)C=C. The molecule has 0 aromatic heterocycles. The van der Waals surface area contributed by atoms with Crippen molar-refractivity contribution in [3.63, 3.8) is 0 Å². The van der Waals surface area contributed by atoms with Crippen molar-refractivity contribution in [2.45, 2.75) is 12.6 Å². The van der Waals surface area contributed by atoms with Crippen molar-refractivity contribution >= 4 is 5.91 Å². The highest BCUT2D eigenvalue weighted by atomic mass is 16.3. The molecule has 0 saturated carbocycles. The van der Waals surface area contributed by atoms with E-state index in [2.05, 4.69) is 18.5 Å². The number of carbonyl (C=O) groups is 1. The maximum Gasteiger partial charge on any atom is 0.245 e. The van der Waals surface area contributed by atoms with E-state index in [1.165, 1.54) is 6.08 Å². The van der Waals surface area contributed by atoms with Gasteiger partial charge in [-0.25, -0.2) is 0 Å². The normalized spacial score (nSPS) is 11.7. The minimum Gasteiger partial charge on any atom is -0.373 e. The topological polar surface area (TPSA) is 49.3 Å². The van der Waals surface area contributed by atoms with Crippen LogP contribution in [0.1, 0.15) is 6.42 Å². The lowest BCUT2D eigenvalue weighted by molar-refractivity contribution is -0.119. The Bertz CT molecular complexity index is 143. The molecule has 0 aromatic rings. The van der Waals surface area contributed by atoms with Gasteiger partial charge >= 0.3 is 0 Å². The molecule has 0 radical (unpaired) electrons. The van der Waals surface area contributed by atoms with Crippen LogP contribution in [0.2, 0.25) is 0 Å². The van der Waals surface area contributed by atoms with Crippen LogP contribution >= 0.6 is 0 Å². The lowest BCUT2D eigenvalue weighted by Gasteiger charge is -2.07. The quantitative estimate of drug-likeness (QED) is 0.333. The van der Waals surface area contributed by atoms with Gasteiger partial charge in [0.15, 0.2) is 0 Å². The molecular formula is C7H11NO2. The summed E-state index contributed by atoms with van der Waals surface area (Å²) in [5.41, 5.74) is 0. The Morgan fingerprint density at radius 1 is 1.70 bits per heavy atom. The van der Waals surface area contributed by atoms with Crippen LogP contribution in [0.25, 0.3) is 0 Å². The first kappa shape index (κ1) is 8.91. The van der Waals surface area contributed by atoms with Gasteiger partial charge in [-0.15, -0.1) is 6.58 Å². The van der Waals surface area contributed by atoms with Crippen molar-refractivity contribution in [2.75, 3.05) is 0 Å². The second-order valence-electron chi connectivity index (χ2n) is 1.75. The summed E-state index contributed by atoms with van der Waals surface area (Å²) in [5.74, 6) is -0.380. The van der Waals surface area contributed by atoms with Gasteiger partial charge < -0.3 is 10.4 Å². The Labute approximate surface area is 60.1 Å². The maximum atomic E-state index is 10.5. The average Bonchev–Trinajstić information content (AvgIpc) is 1.88. The number of aliphatic hydroxyl groups is 1. The van der Waals surface area contributed by atoms with Crippen molar-refractivity contribution in [1.29, 1.82) is 0 Å². The number of rotatable bonds is 4. The molecule has 0 aliphatic heterocycles. The first-order valence-electron chi connectivity index (χ1n) is 2.92. The highest BCUT2D eigenvalue weighted by molar-refractivity contribution is 5.86. The zero-order valence-electron chi connectivity index (χ0n) is 5.71. The molecule has 3 nitrogen and oxygen atoms in total. The third-order valence-corrected chi connectivity index (χ3v) is 0.884. The molecule has 56 valence electrons. The van der Waals surface area contributed by atoms with Gasteiger partial charge in [0.2, 0.25) is 5.91 Å². The van der Waals surface area contributed by atoms with E-state index in [1.807, 2.05) is 0 Å². The summed E-state index contributed by atoms with van der Waals surface area (Å²) < 4.78 is 0.